The van der Waals surface area contributed by atoms with E-state index >= 15 is 0 Å². The molecule has 1 aromatic rings. The number of rotatable bonds is 6. The predicted octanol–water partition coefficient (Wildman–Crippen LogP) is 4.05. The molecule has 2 rings (SSSR count). The average molecular weight is 280 g/mol. The van der Waals surface area contributed by atoms with Crippen LogP contribution in [0.1, 0.15) is 57.4 Å². The number of likely N-dealkylation sites (tertiary alicyclic amines) is 1. The molecule has 0 bridgehead atoms. The number of nitrogens with one attached hydrogen (secondary N) is 1. The van der Waals surface area contributed by atoms with Crippen LogP contribution >= 0.6 is 11.3 Å². The van der Waals surface area contributed by atoms with E-state index in [0.29, 0.717) is 6.04 Å². The van der Waals surface area contributed by atoms with E-state index in [1.807, 2.05) is 11.3 Å². The maximum absolute atomic E-state index is 3.78. The lowest BCUT2D eigenvalue weighted by Gasteiger charge is -2.46. The Kier molecular flexibility index (Phi) is 5.43. The number of hydrogen-bond acceptors (Lipinski definition) is 3. The quantitative estimate of drug-likeness (QED) is 0.845. The summed E-state index contributed by atoms with van der Waals surface area (Å²) in [6, 6.07) is 4.90. The van der Waals surface area contributed by atoms with Crippen molar-refractivity contribution in [3.8, 4) is 0 Å². The van der Waals surface area contributed by atoms with Crippen LogP contribution in [0.15, 0.2) is 17.5 Å². The topological polar surface area (TPSA) is 15.3 Å². The Labute approximate surface area is 122 Å². The van der Waals surface area contributed by atoms with E-state index in [1.54, 1.807) is 0 Å². The normalized spacial score (nSPS) is 19.5. The van der Waals surface area contributed by atoms with E-state index in [2.05, 4.69) is 48.5 Å². The maximum atomic E-state index is 3.78. The van der Waals surface area contributed by atoms with Gasteiger partial charge in [0.15, 0.2) is 0 Å². The van der Waals surface area contributed by atoms with Gasteiger partial charge in [0.25, 0.3) is 0 Å². The number of piperidine rings is 1. The average Bonchev–Trinajstić information content (AvgIpc) is 2.94. The lowest BCUT2D eigenvalue weighted by Crippen LogP contribution is -2.54. The summed E-state index contributed by atoms with van der Waals surface area (Å²) in [6.07, 6.45) is 5.30. The van der Waals surface area contributed by atoms with Crippen molar-refractivity contribution in [3.63, 3.8) is 0 Å². The van der Waals surface area contributed by atoms with Crippen LogP contribution in [0, 0.1) is 0 Å². The summed E-state index contributed by atoms with van der Waals surface area (Å²) in [5, 5.41) is 5.97. The molecule has 108 valence electrons. The monoisotopic (exact) mass is 280 g/mol. The summed E-state index contributed by atoms with van der Waals surface area (Å²) in [7, 11) is 0. The van der Waals surface area contributed by atoms with Gasteiger partial charge in [-0.25, -0.2) is 0 Å². The van der Waals surface area contributed by atoms with Gasteiger partial charge in [0.1, 0.15) is 0 Å². The van der Waals surface area contributed by atoms with Gasteiger partial charge >= 0.3 is 0 Å². The fourth-order valence-electron chi connectivity index (χ4n) is 3.10. The van der Waals surface area contributed by atoms with Gasteiger partial charge in [0, 0.05) is 10.4 Å². The number of thiophene rings is 1. The number of hydrogen-bond donors (Lipinski definition) is 1. The third-order valence-corrected chi connectivity index (χ3v) is 5.24. The van der Waals surface area contributed by atoms with Crippen LogP contribution < -0.4 is 5.32 Å². The Morgan fingerprint density at radius 3 is 2.63 bits per heavy atom. The molecule has 2 heterocycles. The lowest BCUT2D eigenvalue weighted by molar-refractivity contribution is 0.0619. The molecule has 19 heavy (non-hydrogen) atoms. The first-order valence-corrected chi connectivity index (χ1v) is 8.56. The summed E-state index contributed by atoms with van der Waals surface area (Å²) in [6.45, 7) is 10.7. The molecule has 1 aromatic heterocycles. The SMILES string of the molecule is CCCNC(c1cccs1)C(C)(C)N1CCCCC1. The predicted molar refractivity (Wildman–Crippen MR) is 84.9 cm³/mol. The zero-order chi connectivity index (χ0) is 13.7. The molecule has 0 amide bonds. The van der Waals surface area contributed by atoms with Crippen molar-refractivity contribution in [3.05, 3.63) is 22.4 Å². The molecule has 1 saturated heterocycles. The van der Waals surface area contributed by atoms with E-state index in [4.69, 9.17) is 0 Å². The molecule has 0 saturated carbocycles. The van der Waals surface area contributed by atoms with Crippen LogP contribution in [0.2, 0.25) is 0 Å². The van der Waals surface area contributed by atoms with Gasteiger partial charge in [0.05, 0.1) is 6.04 Å². The van der Waals surface area contributed by atoms with Crippen LogP contribution in [0.25, 0.3) is 0 Å². The summed E-state index contributed by atoms with van der Waals surface area (Å²) in [5.41, 5.74) is 0.195. The minimum absolute atomic E-state index is 0.195. The van der Waals surface area contributed by atoms with Gasteiger partial charge in [-0.3, -0.25) is 4.90 Å². The highest BCUT2D eigenvalue weighted by molar-refractivity contribution is 7.10. The first-order chi connectivity index (χ1) is 9.16. The third kappa shape index (κ3) is 3.59. The molecular weight excluding hydrogens is 252 g/mol. The Bertz CT molecular complexity index is 353. The zero-order valence-electron chi connectivity index (χ0n) is 12.6. The van der Waals surface area contributed by atoms with Crippen molar-refractivity contribution in [1.82, 2.24) is 10.2 Å². The second kappa shape index (κ2) is 6.87. The van der Waals surface area contributed by atoms with Crippen molar-refractivity contribution in [2.75, 3.05) is 19.6 Å². The summed E-state index contributed by atoms with van der Waals surface area (Å²) >= 11 is 1.88. The molecule has 2 nitrogen and oxygen atoms in total. The summed E-state index contributed by atoms with van der Waals surface area (Å²) in [4.78, 5) is 4.16. The van der Waals surface area contributed by atoms with Crippen LogP contribution in [0.5, 0.6) is 0 Å². The second-order valence-corrected chi connectivity index (χ2v) is 7.08. The molecule has 0 radical (unpaired) electrons. The smallest absolute Gasteiger partial charge is 0.0596 e. The first-order valence-electron chi connectivity index (χ1n) is 7.68. The minimum atomic E-state index is 0.195. The lowest BCUT2D eigenvalue weighted by atomic mass is 9.89. The van der Waals surface area contributed by atoms with Crippen molar-refractivity contribution < 1.29 is 0 Å². The Morgan fingerprint density at radius 2 is 2.05 bits per heavy atom. The van der Waals surface area contributed by atoms with Gasteiger partial charge in [0.2, 0.25) is 0 Å². The van der Waals surface area contributed by atoms with Gasteiger partial charge in [-0.1, -0.05) is 19.4 Å². The van der Waals surface area contributed by atoms with Crippen LogP contribution in [0.4, 0.5) is 0 Å². The van der Waals surface area contributed by atoms with Crippen molar-refractivity contribution >= 4 is 11.3 Å². The molecule has 1 aliphatic heterocycles. The van der Waals surface area contributed by atoms with Crippen molar-refractivity contribution in [1.29, 1.82) is 0 Å². The number of nitrogens with zero attached hydrogens (tertiary/aromatic N) is 1. The Hall–Kier alpha value is -0.380. The summed E-state index contributed by atoms with van der Waals surface area (Å²) < 4.78 is 0. The largest absolute Gasteiger partial charge is 0.308 e. The van der Waals surface area contributed by atoms with E-state index in [0.717, 1.165) is 6.54 Å². The van der Waals surface area contributed by atoms with Gasteiger partial charge < -0.3 is 5.32 Å². The highest BCUT2D eigenvalue weighted by Crippen LogP contribution is 2.35. The van der Waals surface area contributed by atoms with E-state index in [-0.39, 0.29) is 5.54 Å². The maximum Gasteiger partial charge on any atom is 0.0596 e. The van der Waals surface area contributed by atoms with Gasteiger partial charge in [-0.2, -0.15) is 0 Å². The molecule has 0 aliphatic carbocycles. The second-order valence-electron chi connectivity index (χ2n) is 6.10. The summed E-state index contributed by atoms with van der Waals surface area (Å²) in [5.74, 6) is 0. The molecule has 1 atom stereocenters. The fraction of sp³-hybridized carbons (Fsp3) is 0.750. The molecule has 1 unspecified atom stereocenters. The fourth-order valence-corrected chi connectivity index (χ4v) is 4.07. The molecular formula is C16H28N2S. The minimum Gasteiger partial charge on any atom is -0.308 e. The Morgan fingerprint density at radius 1 is 1.32 bits per heavy atom. The highest BCUT2D eigenvalue weighted by Gasteiger charge is 2.36. The van der Waals surface area contributed by atoms with Crippen molar-refractivity contribution in [2.45, 2.75) is 58.0 Å². The van der Waals surface area contributed by atoms with Crippen molar-refractivity contribution in [2.24, 2.45) is 0 Å². The van der Waals surface area contributed by atoms with E-state index in [1.165, 1.54) is 43.6 Å². The molecule has 0 spiro atoms. The highest BCUT2D eigenvalue weighted by atomic mass is 32.1. The van der Waals surface area contributed by atoms with Crippen LogP contribution in [-0.2, 0) is 0 Å². The third-order valence-electron chi connectivity index (χ3n) is 4.30. The van der Waals surface area contributed by atoms with Gasteiger partial charge in [-0.05, 0) is 64.2 Å². The van der Waals surface area contributed by atoms with E-state index in [9.17, 15) is 0 Å². The zero-order valence-corrected chi connectivity index (χ0v) is 13.4. The standard InChI is InChI=1S/C16H28N2S/c1-4-10-17-15(14-9-8-13-19-14)16(2,3)18-11-6-5-7-12-18/h8-9,13,15,17H,4-7,10-12H2,1-3H3. The molecule has 3 heteroatoms. The van der Waals surface area contributed by atoms with Gasteiger partial charge in [-0.15, -0.1) is 11.3 Å². The first kappa shape index (κ1) is 15.0. The molecule has 0 aromatic carbocycles. The Balaban J connectivity index is 2.15. The molecule has 1 N–H and O–H groups in total. The van der Waals surface area contributed by atoms with Crippen LogP contribution in [-0.4, -0.2) is 30.1 Å². The van der Waals surface area contributed by atoms with Crippen LogP contribution in [0.3, 0.4) is 0 Å². The molecule has 1 aliphatic rings. The van der Waals surface area contributed by atoms with E-state index < -0.39 is 0 Å². The molecule has 1 fully saturated rings.